The number of rotatable bonds is 5. The van der Waals surface area contributed by atoms with Crippen LogP contribution in [-0.2, 0) is 6.54 Å². The highest BCUT2D eigenvalue weighted by atomic mass is 19.3. The molecule has 3 nitrogen and oxygen atoms in total. The van der Waals surface area contributed by atoms with Crippen molar-refractivity contribution in [3.63, 3.8) is 0 Å². The number of hydrogen-bond donors (Lipinski definition) is 2. The highest BCUT2D eigenvalue weighted by molar-refractivity contribution is 5.33. The molecule has 0 atom stereocenters. The summed E-state index contributed by atoms with van der Waals surface area (Å²) in [5.74, 6) is 0.247. The topological polar surface area (TPSA) is 33.3 Å². The highest BCUT2D eigenvalue weighted by Gasteiger charge is 2.16. The Morgan fingerprint density at radius 3 is 2.75 bits per heavy atom. The minimum absolute atomic E-state index is 0.247. The molecule has 5 heteroatoms. The van der Waals surface area contributed by atoms with Crippen LogP contribution in [0.3, 0.4) is 0 Å². The summed E-state index contributed by atoms with van der Waals surface area (Å²) in [7, 11) is 0. The molecule has 1 aromatic rings. The standard InChI is InChI=1S/C11H14F2N2O/c12-11(13)16-10-4-2-1-3-8(10)5-15-9-6-14-7-9/h1-4,9,11,14-15H,5-7H2. The average Bonchev–Trinajstić information content (AvgIpc) is 2.17. The van der Waals surface area contributed by atoms with Crippen LogP contribution in [0.1, 0.15) is 5.56 Å². The van der Waals surface area contributed by atoms with Crippen LogP contribution < -0.4 is 15.4 Å². The van der Waals surface area contributed by atoms with Gasteiger partial charge >= 0.3 is 6.61 Å². The summed E-state index contributed by atoms with van der Waals surface area (Å²) >= 11 is 0. The molecule has 1 heterocycles. The summed E-state index contributed by atoms with van der Waals surface area (Å²) in [6.45, 7) is -0.364. The SMILES string of the molecule is FC(F)Oc1ccccc1CNC1CNC1. The Bertz CT molecular complexity index is 343. The van der Waals surface area contributed by atoms with E-state index in [0.29, 0.717) is 12.6 Å². The van der Waals surface area contributed by atoms with E-state index in [1.54, 1.807) is 18.2 Å². The van der Waals surface area contributed by atoms with Crippen LogP contribution in [0.5, 0.6) is 5.75 Å². The normalized spacial score (nSPS) is 16.2. The maximum atomic E-state index is 12.1. The molecule has 1 saturated heterocycles. The lowest BCUT2D eigenvalue weighted by atomic mass is 10.1. The quantitative estimate of drug-likeness (QED) is 0.798. The van der Waals surface area contributed by atoms with E-state index in [0.717, 1.165) is 18.7 Å². The summed E-state index contributed by atoms with van der Waals surface area (Å²) in [5.41, 5.74) is 0.759. The zero-order valence-corrected chi connectivity index (χ0v) is 8.75. The van der Waals surface area contributed by atoms with Gasteiger partial charge in [0.05, 0.1) is 0 Å². The van der Waals surface area contributed by atoms with Crippen LogP contribution in [0.15, 0.2) is 24.3 Å². The lowest BCUT2D eigenvalue weighted by molar-refractivity contribution is -0.0505. The number of para-hydroxylation sites is 1. The van der Waals surface area contributed by atoms with Crippen LogP contribution in [0.25, 0.3) is 0 Å². The van der Waals surface area contributed by atoms with Gasteiger partial charge in [0, 0.05) is 31.2 Å². The van der Waals surface area contributed by atoms with Gasteiger partial charge in [0.25, 0.3) is 0 Å². The Balaban J connectivity index is 1.94. The number of alkyl halides is 2. The minimum Gasteiger partial charge on any atom is -0.434 e. The van der Waals surface area contributed by atoms with Crippen LogP contribution in [0.2, 0.25) is 0 Å². The second-order valence-electron chi connectivity index (χ2n) is 3.72. The molecule has 0 spiro atoms. The first-order chi connectivity index (χ1) is 7.75. The first kappa shape index (κ1) is 11.3. The van der Waals surface area contributed by atoms with Crippen molar-refractivity contribution in [3.8, 4) is 5.75 Å². The Kier molecular flexibility index (Phi) is 3.69. The zero-order valence-electron chi connectivity index (χ0n) is 8.75. The van der Waals surface area contributed by atoms with Crippen molar-refractivity contribution in [2.75, 3.05) is 13.1 Å². The summed E-state index contributed by atoms with van der Waals surface area (Å²) in [4.78, 5) is 0. The van der Waals surface area contributed by atoms with E-state index in [1.165, 1.54) is 0 Å². The molecule has 1 fully saturated rings. The lowest BCUT2D eigenvalue weighted by Gasteiger charge is -2.28. The van der Waals surface area contributed by atoms with E-state index in [9.17, 15) is 8.78 Å². The molecule has 0 saturated carbocycles. The van der Waals surface area contributed by atoms with E-state index >= 15 is 0 Å². The van der Waals surface area contributed by atoms with Gasteiger partial charge in [-0.05, 0) is 6.07 Å². The monoisotopic (exact) mass is 228 g/mol. The van der Waals surface area contributed by atoms with Crippen LogP contribution in [0.4, 0.5) is 8.78 Å². The van der Waals surface area contributed by atoms with Gasteiger partial charge in [0.1, 0.15) is 5.75 Å². The highest BCUT2D eigenvalue weighted by Crippen LogP contribution is 2.20. The molecule has 16 heavy (non-hydrogen) atoms. The predicted octanol–water partition coefficient (Wildman–Crippen LogP) is 1.35. The van der Waals surface area contributed by atoms with Crippen molar-refractivity contribution in [1.82, 2.24) is 10.6 Å². The van der Waals surface area contributed by atoms with E-state index < -0.39 is 6.61 Å². The first-order valence-corrected chi connectivity index (χ1v) is 5.22. The van der Waals surface area contributed by atoms with Gasteiger partial charge in [-0.2, -0.15) is 8.78 Å². The van der Waals surface area contributed by atoms with E-state index in [2.05, 4.69) is 15.4 Å². The largest absolute Gasteiger partial charge is 0.434 e. The maximum absolute atomic E-state index is 12.1. The van der Waals surface area contributed by atoms with Gasteiger partial charge in [0.2, 0.25) is 0 Å². The Hall–Kier alpha value is -1.20. The third kappa shape index (κ3) is 2.90. The molecule has 0 unspecified atom stereocenters. The minimum atomic E-state index is -2.77. The van der Waals surface area contributed by atoms with Crippen molar-refractivity contribution >= 4 is 0 Å². The molecule has 0 radical (unpaired) electrons. The fourth-order valence-corrected chi connectivity index (χ4v) is 1.55. The molecule has 88 valence electrons. The molecule has 1 aliphatic heterocycles. The van der Waals surface area contributed by atoms with Gasteiger partial charge in [-0.15, -0.1) is 0 Å². The van der Waals surface area contributed by atoms with E-state index in [4.69, 9.17) is 0 Å². The van der Waals surface area contributed by atoms with Crippen molar-refractivity contribution in [3.05, 3.63) is 29.8 Å². The van der Waals surface area contributed by atoms with Crippen LogP contribution in [0, 0.1) is 0 Å². The summed E-state index contributed by atoms with van der Waals surface area (Å²) in [6, 6.07) is 7.28. The third-order valence-corrected chi connectivity index (χ3v) is 2.55. The van der Waals surface area contributed by atoms with Gasteiger partial charge in [-0.25, -0.2) is 0 Å². The predicted molar refractivity (Wildman–Crippen MR) is 56.6 cm³/mol. The Morgan fingerprint density at radius 1 is 1.38 bits per heavy atom. The molecule has 1 aliphatic rings. The molecule has 0 aromatic heterocycles. The second-order valence-corrected chi connectivity index (χ2v) is 3.72. The fraction of sp³-hybridized carbons (Fsp3) is 0.455. The zero-order chi connectivity index (χ0) is 11.4. The summed E-state index contributed by atoms with van der Waals surface area (Å²) in [5, 5.41) is 6.39. The number of benzene rings is 1. The number of halogens is 2. The Morgan fingerprint density at radius 2 is 2.12 bits per heavy atom. The lowest BCUT2D eigenvalue weighted by Crippen LogP contribution is -2.55. The van der Waals surface area contributed by atoms with Gasteiger partial charge in [0.15, 0.2) is 0 Å². The second kappa shape index (κ2) is 5.23. The molecule has 1 aromatic carbocycles. The van der Waals surface area contributed by atoms with Gasteiger partial charge in [-0.3, -0.25) is 0 Å². The number of hydrogen-bond acceptors (Lipinski definition) is 3. The Labute approximate surface area is 92.8 Å². The van der Waals surface area contributed by atoms with E-state index in [-0.39, 0.29) is 5.75 Å². The van der Waals surface area contributed by atoms with E-state index in [1.807, 2.05) is 6.07 Å². The van der Waals surface area contributed by atoms with Crippen molar-refractivity contribution < 1.29 is 13.5 Å². The molecule has 0 bridgehead atoms. The fourth-order valence-electron chi connectivity index (χ4n) is 1.55. The summed E-state index contributed by atoms with van der Waals surface area (Å²) in [6.07, 6.45) is 0. The van der Waals surface area contributed by atoms with Crippen molar-refractivity contribution in [2.45, 2.75) is 19.2 Å². The van der Waals surface area contributed by atoms with Gasteiger partial charge < -0.3 is 15.4 Å². The third-order valence-electron chi connectivity index (χ3n) is 2.55. The maximum Gasteiger partial charge on any atom is 0.387 e. The number of ether oxygens (including phenoxy) is 1. The smallest absolute Gasteiger partial charge is 0.387 e. The molecule has 0 amide bonds. The summed E-state index contributed by atoms with van der Waals surface area (Å²) < 4.78 is 28.7. The molecule has 0 aliphatic carbocycles. The average molecular weight is 228 g/mol. The first-order valence-electron chi connectivity index (χ1n) is 5.22. The number of nitrogens with one attached hydrogen (secondary N) is 2. The van der Waals surface area contributed by atoms with Gasteiger partial charge in [-0.1, -0.05) is 18.2 Å². The van der Waals surface area contributed by atoms with Crippen molar-refractivity contribution in [2.24, 2.45) is 0 Å². The van der Waals surface area contributed by atoms with Crippen LogP contribution in [-0.4, -0.2) is 25.7 Å². The molecular weight excluding hydrogens is 214 g/mol. The van der Waals surface area contributed by atoms with Crippen molar-refractivity contribution in [1.29, 1.82) is 0 Å². The van der Waals surface area contributed by atoms with Crippen LogP contribution >= 0.6 is 0 Å². The molecule has 2 rings (SSSR count). The molecular formula is C11H14F2N2O. The molecule has 2 N–H and O–H groups in total.